The van der Waals surface area contributed by atoms with E-state index in [1.54, 1.807) is 0 Å². The molecule has 0 aliphatic rings. The van der Waals surface area contributed by atoms with Crippen molar-refractivity contribution < 1.29 is 33.4 Å². The molecule has 0 rings (SSSR count). The summed E-state index contributed by atoms with van der Waals surface area (Å²) >= 11 is 0. The summed E-state index contributed by atoms with van der Waals surface area (Å²) < 4.78 is 15.3. The molecule has 0 bridgehead atoms. The number of hydrogen-bond donors (Lipinski definition) is 1. The zero-order valence-corrected chi connectivity index (χ0v) is 19.7. The minimum atomic E-state index is -0.550. The molecule has 0 spiro atoms. The fourth-order valence-electron chi connectivity index (χ4n) is 3.34. The van der Waals surface area contributed by atoms with Gasteiger partial charge in [-0.1, -0.05) is 51.4 Å². The normalized spacial score (nSPS) is 12.5. The number of ether oxygens (including phenoxy) is 3. The van der Waals surface area contributed by atoms with Gasteiger partial charge in [-0.15, -0.1) is 0 Å². The number of nitrogens with one attached hydrogen (secondary N) is 1. The molecule has 31 heavy (non-hydrogen) atoms. The molecule has 0 aliphatic carbocycles. The molecule has 2 atom stereocenters. The van der Waals surface area contributed by atoms with E-state index in [1.807, 2.05) is 0 Å². The van der Waals surface area contributed by atoms with Gasteiger partial charge in [0.05, 0.1) is 12.6 Å². The second-order valence-electron chi connectivity index (χ2n) is 7.92. The largest absolute Gasteiger partial charge is 0.466 e. The lowest BCUT2D eigenvalue weighted by Crippen LogP contribution is -2.47. The van der Waals surface area contributed by atoms with Crippen molar-refractivity contribution in [3.05, 3.63) is 0 Å². The molecule has 1 amide bonds. The maximum atomic E-state index is 11.5. The third-order valence-electron chi connectivity index (χ3n) is 4.81. The standard InChI is InChI=1S/C23H41NO7/c1-18(25)24-22(17-30-20(3)27)23(31-21(4)28)15-13-11-9-7-5-6-8-10-12-14-16-29-19(2)26/h22-23H,5-17H2,1-4H3,(H,24,25). The third-order valence-corrected chi connectivity index (χ3v) is 4.81. The van der Waals surface area contributed by atoms with Crippen molar-refractivity contribution in [1.82, 2.24) is 5.32 Å². The quantitative estimate of drug-likeness (QED) is 0.195. The monoisotopic (exact) mass is 443 g/mol. The first kappa shape index (κ1) is 28.9. The van der Waals surface area contributed by atoms with Crippen molar-refractivity contribution in [2.24, 2.45) is 0 Å². The first-order valence-electron chi connectivity index (χ1n) is 11.4. The second-order valence-corrected chi connectivity index (χ2v) is 7.92. The molecule has 0 aromatic heterocycles. The van der Waals surface area contributed by atoms with E-state index in [1.165, 1.54) is 47.0 Å². The zero-order chi connectivity index (χ0) is 23.5. The van der Waals surface area contributed by atoms with Crippen molar-refractivity contribution in [2.45, 2.75) is 110 Å². The van der Waals surface area contributed by atoms with E-state index in [0.29, 0.717) is 13.0 Å². The van der Waals surface area contributed by atoms with Crippen LogP contribution < -0.4 is 5.32 Å². The van der Waals surface area contributed by atoms with E-state index in [9.17, 15) is 19.2 Å². The molecule has 0 fully saturated rings. The average molecular weight is 444 g/mol. The van der Waals surface area contributed by atoms with Gasteiger partial charge in [-0.3, -0.25) is 19.2 Å². The Balaban J connectivity index is 4.01. The molecule has 2 unspecified atom stereocenters. The first-order valence-corrected chi connectivity index (χ1v) is 11.4. The van der Waals surface area contributed by atoms with Crippen molar-refractivity contribution >= 4 is 23.8 Å². The number of amides is 1. The Hall–Kier alpha value is -2.12. The smallest absolute Gasteiger partial charge is 0.302 e. The van der Waals surface area contributed by atoms with Crippen LogP contribution in [0.1, 0.15) is 98.3 Å². The van der Waals surface area contributed by atoms with Crippen molar-refractivity contribution in [1.29, 1.82) is 0 Å². The van der Waals surface area contributed by atoms with Crippen LogP contribution in [0.5, 0.6) is 0 Å². The molecule has 0 saturated carbocycles. The molecule has 0 aromatic carbocycles. The van der Waals surface area contributed by atoms with Crippen LogP contribution in [0.15, 0.2) is 0 Å². The highest BCUT2D eigenvalue weighted by atomic mass is 16.6. The summed E-state index contributed by atoms with van der Waals surface area (Å²) in [6.07, 6.45) is 11.0. The molecule has 180 valence electrons. The average Bonchev–Trinajstić information content (AvgIpc) is 2.66. The molecule has 0 heterocycles. The summed E-state index contributed by atoms with van der Waals surface area (Å²) in [7, 11) is 0. The van der Waals surface area contributed by atoms with Crippen molar-refractivity contribution in [3.63, 3.8) is 0 Å². The summed E-state index contributed by atoms with van der Waals surface area (Å²) in [5.41, 5.74) is 0. The molecule has 8 nitrogen and oxygen atoms in total. The van der Waals surface area contributed by atoms with E-state index < -0.39 is 24.1 Å². The fraction of sp³-hybridized carbons (Fsp3) is 0.826. The highest BCUT2D eigenvalue weighted by Crippen LogP contribution is 2.15. The van der Waals surface area contributed by atoms with Crippen LogP contribution >= 0.6 is 0 Å². The van der Waals surface area contributed by atoms with Gasteiger partial charge in [-0.25, -0.2) is 0 Å². The van der Waals surface area contributed by atoms with Gasteiger partial charge in [0.15, 0.2) is 0 Å². The van der Waals surface area contributed by atoms with Crippen LogP contribution in [0.3, 0.4) is 0 Å². The van der Waals surface area contributed by atoms with Gasteiger partial charge in [-0.2, -0.15) is 0 Å². The zero-order valence-electron chi connectivity index (χ0n) is 19.7. The summed E-state index contributed by atoms with van der Waals surface area (Å²) in [6.45, 7) is 5.95. The van der Waals surface area contributed by atoms with E-state index >= 15 is 0 Å². The third kappa shape index (κ3) is 19.6. The number of esters is 3. The minimum Gasteiger partial charge on any atom is -0.466 e. The molecule has 1 N–H and O–H groups in total. The number of unbranched alkanes of at least 4 members (excludes halogenated alkanes) is 9. The van der Waals surface area contributed by atoms with Gasteiger partial charge in [0.25, 0.3) is 0 Å². The van der Waals surface area contributed by atoms with Crippen LogP contribution in [0.4, 0.5) is 0 Å². The highest BCUT2D eigenvalue weighted by Gasteiger charge is 2.26. The minimum absolute atomic E-state index is 0.0201. The summed E-state index contributed by atoms with van der Waals surface area (Å²) in [4.78, 5) is 44.7. The van der Waals surface area contributed by atoms with Crippen LogP contribution in [0.2, 0.25) is 0 Å². The fourth-order valence-corrected chi connectivity index (χ4v) is 3.34. The SMILES string of the molecule is CC(=O)NC(COC(C)=O)C(CCCCCCCCCCCCOC(C)=O)OC(C)=O. The second kappa shape index (κ2) is 18.6. The Labute approximate surface area is 186 Å². The molecule has 0 radical (unpaired) electrons. The van der Waals surface area contributed by atoms with E-state index in [0.717, 1.165) is 44.9 Å². The highest BCUT2D eigenvalue weighted by molar-refractivity contribution is 5.73. The number of hydrogen-bond acceptors (Lipinski definition) is 7. The van der Waals surface area contributed by atoms with E-state index in [4.69, 9.17) is 14.2 Å². The first-order chi connectivity index (χ1) is 14.7. The van der Waals surface area contributed by atoms with Crippen molar-refractivity contribution in [3.8, 4) is 0 Å². The Morgan fingerprint density at radius 2 is 1.13 bits per heavy atom. The molecular weight excluding hydrogens is 402 g/mol. The van der Waals surface area contributed by atoms with Gasteiger partial charge in [0.2, 0.25) is 5.91 Å². The lowest BCUT2D eigenvalue weighted by atomic mass is 10.0. The van der Waals surface area contributed by atoms with Gasteiger partial charge < -0.3 is 19.5 Å². The lowest BCUT2D eigenvalue weighted by molar-refractivity contribution is -0.152. The lowest BCUT2D eigenvalue weighted by Gasteiger charge is -2.27. The number of rotatable bonds is 18. The summed E-state index contributed by atoms with van der Waals surface area (Å²) in [6, 6.07) is -0.550. The Kier molecular flexibility index (Phi) is 17.4. The predicted molar refractivity (Wildman–Crippen MR) is 117 cm³/mol. The molecule has 0 saturated heterocycles. The molecule has 8 heteroatoms. The van der Waals surface area contributed by atoms with Crippen LogP contribution in [-0.2, 0) is 33.4 Å². The Morgan fingerprint density at radius 1 is 0.645 bits per heavy atom. The van der Waals surface area contributed by atoms with E-state index in [2.05, 4.69) is 5.32 Å². The van der Waals surface area contributed by atoms with Gasteiger partial charge >= 0.3 is 17.9 Å². The Morgan fingerprint density at radius 3 is 1.58 bits per heavy atom. The maximum absolute atomic E-state index is 11.5. The topological polar surface area (TPSA) is 108 Å². The van der Waals surface area contributed by atoms with Crippen molar-refractivity contribution in [2.75, 3.05) is 13.2 Å². The van der Waals surface area contributed by atoms with Gasteiger partial charge in [0, 0.05) is 27.7 Å². The van der Waals surface area contributed by atoms with Gasteiger partial charge in [0.1, 0.15) is 12.7 Å². The number of carbonyl (C=O) groups is 4. The van der Waals surface area contributed by atoms with Crippen LogP contribution in [0, 0.1) is 0 Å². The summed E-state index contributed by atoms with van der Waals surface area (Å²) in [5, 5.41) is 2.72. The van der Waals surface area contributed by atoms with Gasteiger partial charge in [-0.05, 0) is 19.3 Å². The van der Waals surface area contributed by atoms with Crippen LogP contribution in [0.25, 0.3) is 0 Å². The molecular formula is C23H41NO7. The predicted octanol–water partition coefficient (Wildman–Crippen LogP) is 3.84. The summed E-state index contributed by atoms with van der Waals surface area (Å²) in [5.74, 6) is -1.34. The van der Waals surface area contributed by atoms with Crippen LogP contribution in [-0.4, -0.2) is 49.2 Å². The van der Waals surface area contributed by atoms with E-state index in [-0.39, 0.29) is 18.5 Å². The Bertz CT molecular complexity index is 536. The maximum Gasteiger partial charge on any atom is 0.302 e. The number of carbonyl (C=O) groups excluding carboxylic acids is 4. The molecule has 0 aromatic rings. The molecule has 0 aliphatic heterocycles.